The van der Waals surface area contributed by atoms with Gasteiger partial charge in [0, 0.05) is 0 Å². The average molecular weight is 147 g/mol. The molecule has 1 aliphatic carbocycles. The molecule has 0 saturated heterocycles. The van der Waals surface area contributed by atoms with E-state index in [9.17, 15) is 0 Å². The van der Waals surface area contributed by atoms with Gasteiger partial charge < -0.3 is 0 Å². The van der Waals surface area contributed by atoms with E-state index in [0.717, 1.165) is 6.42 Å². The SMILES string of the molecule is [CH]1/C=C/CCC/C=C\C=C\C1. The van der Waals surface area contributed by atoms with Gasteiger partial charge in [0.2, 0.25) is 0 Å². The van der Waals surface area contributed by atoms with Crippen LogP contribution in [0.5, 0.6) is 0 Å². The van der Waals surface area contributed by atoms with E-state index in [1.165, 1.54) is 19.3 Å². The minimum atomic E-state index is 1.06. The molecule has 59 valence electrons. The number of hydrogen-bond donors (Lipinski definition) is 0. The fraction of sp³-hybridized carbons (Fsp3) is 0.364. The van der Waals surface area contributed by atoms with Crippen LogP contribution in [0.1, 0.15) is 25.7 Å². The summed E-state index contributed by atoms with van der Waals surface area (Å²) in [5, 5.41) is 0. The molecule has 0 aromatic heterocycles. The molecule has 0 aromatic carbocycles. The second-order valence-electron chi connectivity index (χ2n) is 2.69. The van der Waals surface area contributed by atoms with Crippen molar-refractivity contribution in [2.45, 2.75) is 25.7 Å². The van der Waals surface area contributed by atoms with E-state index in [1.54, 1.807) is 0 Å². The Balaban J connectivity index is 2.34. The summed E-state index contributed by atoms with van der Waals surface area (Å²) in [6.45, 7) is 0. The van der Waals surface area contributed by atoms with Crippen molar-refractivity contribution in [1.82, 2.24) is 0 Å². The van der Waals surface area contributed by atoms with Crippen molar-refractivity contribution in [3.8, 4) is 0 Å². The maximum atomic E-state index is 2.24. The molecule has 0 bridgehead atoms. The number of hydrogen-bond acceptors (Lipinski definition) is 0. The fourth-order valence-electron chi connectivity index (χ4n) is 1.04. The molecule has 1 aliphatic rings. The van der Waals surface area contributed by atoms with Crippen LogP contribution in [0.25, 0.3) is 0 Å². The van der Waals surface area contributed by atoms with Crippen molar-refractivity contribution in [1.29, 1.82) is 0 Å². The van der Waals surface area contributed by atoms with Crippen molar-refractivity contribution in [3.05, 3.63) is 42.9 Å². The maximum absolute atomic E-state index is 2.24. The predicted molar refractivity (Wildman–Crippen MR) is 50.2 cm³/mol. The van der Waals surface area contributed by atoms with Crippen LogP contribution >= 0.6 is 0 Å². The summed E-state index contributed by atoms with van der Waals surface area (Å²) in [6.07, 6.45) is 20.0. The van der Waals surface area contributed by atoms with Crippen LogP contribution in [-0.2, 0) is 0 Å². The van der Waals surface area contributed by atoms with E-state index in [2.05, 4.69) is 42.9 Å². The molecule has 1 rings (SSSR count). The number of allylic oxidation sites excluding steroid dienone is 6. The van der Waals surface area contributed by atoms with E-state index in [-0.39, 0.29) is 0 Å². The third kappa shape index (κ3) is 4.60. The van der Waals surface area contributed by atoms with Crippen molar-refractivity contribution in [3.63, 3.8) is 0 Å². The Morgan fingerprint density at radius 3 is 2.36 bits per heavy atom. The highest BCUT2D eigenvalue weighted by atomic mass is 13.9. The Bertz CT molecular complexity index is 161. The Kier molecular flexibility index (Phi) is 4.51. The molecule has 0 nitrogen and oxygen atoms in total. The lowest BCUT2D eigenvalue weighted by molar-refractivity contribution is 0.867. The third-order valence-electron chi connectivity index (χ3n) is 1.67. The van der Waals surface area contributed by atoms with Gasteiger partial charge in [-0.25, -0.2) is 0 Å². The van der Waals surface area contributed by atoms with Gasteiger partial charge in [0.05, 0.1) is 0 Å². The predicted octanol–water partition coefficient (Wildman–Crippen LogP) is 3.43. The van der Waals surface area contributed by atoms with Crippen molar-refractivity contribution >= 4 is 0 Å². The van der Waals surface area contributed by atoms with E-state index in [1.807, 2.05) is 0 Å². The smallest absolute Gasteiger partial charge is 0.0133 e. The van der Waals surface area contributed by atoms with E-state index >= 15 is 0 Å². The van der Waals surface area contributed by atoms with Gasteiger partial charge in [-0.1, -0.05) is 36.5 Å². The monoisotopic (exact) mass is 147 g/mol. The Hall–Kier alpha value is -0.780. The summed E-state index contributed by atoms with van der Waals surface area (Å²) in [6, 6.07) is 0. The van der Waals surface area contributed by atoms with Gasteiger partial charge in [0.25, 0.3) is 0 Å². The third-order valence-corrected chi connectivity index (χ3v) is 1.67. The first-order valence-electron chi connectivity index (χ1n) is 4.30. The molecule has 0 saturated carbocycles. The molecule has 0 spiro atoms. The molecule has 0 N–H and O–H groups in total. The lowest BCUT2D eigenvalue weighted by Crippen LogP contribution is -1.68. The van der Waals surface area contributed by atoms with Crippen molar-refractivity contribution in [2.24, 2.45) is 0 Å². The molecule has 0 heterocycles. The summed E-state index contributed by atoms with van der Waals surface area (Å²) >= 11 is 0. The molecular weight excluding hydrogens is 132 g/mol. The van der Waals surface area contributed by atoms with Gasteiger partial charge in [-0.3, -0.25) is 0 Å². The molecule has 1 radical (unpaired) electrons. The fourth-order valence-corrected chi connectivity index (χ4v) is 1.04. The molecule has 0 unspecified atom stereocenters. The minimum absolute atomic E-state index is 1.06. The van der Waals surface area contributed by atoms with Crippen LogP contribution in [0.3, 0.4) is 0 Å². The Labute approximate surface area is 69.3 Å². The molecule has 0 amide bonds. The van der Waals surface area contributed by atoms with Crippen LogP contribution in [-0.4, -0.2) is 0 Å². The van der Waals surface area contributed by atoms with Crippen LogP contribution in [0.4, 0.5) is 0 Å². The zero-order valence-corrected chi connectivity index (χ0v) is 6.87. The summed E-state index contributed by atoms with van der Waals surface area (Å²) in [5.41, 5.74) is 0. The standard InChI is InChI=1S/C11H15/c1-2-4-6-8-10-11-9-7-5-3-1/h1-4,7,9,11H,5-6,8,10H2/b3-1+,4-2-,11-9+. The van der Waals surface area contributed by atoms with Crippen LogP contribution < -0.4 is 0 Å². The van der Waals surface area contributed by atoms with Gasteiger partial charge in [-0.05, 0) is 32.1 Å². The summed E-state index contributed by atoms with van der Waals surface area (Å²) in [4.78, 5) is 0. The topological polar surface area (TPSA) is 0 Å². The van der Waals surface area contributed by atoms with Crippen LogP contribution in [0, 0.1) is 6.42 Å². The molecule has 0 fully saturated rings. The van der Waals surface area contributed by atoms with Crippen LogP contribution in [0.15, 0.2) is 36.5 Å². The zero-order valence-electron chi connectivity index (χ0n) is 6.87. The van der Waals surface area contributed by atoms with Crippen LogP contribution in [0.2, 0.25) is 0 Å². The van der Waals surface area contributed by atoms with Gasteiger partial charge in [-0.15, -0.1) is 0 Å². The Morgan fingerprint density at radius 2 is 1.45 bits per heavy atom. The molecule has 11 heavy (non-hydrogen) atoms. The quantitative estimate of drug-likeness (QED) is 0.492. The maximum Gasteiger partial charge on any atom is -0.0133 e. The molecule has 0 aromatic rings. The average Bonchev–Trinajstić information content (AvgIpc) is 2.08. The van der Waals surface area contributed by atoms with Gasteiger partial charge in [0.15, 0.2) is 0 Å². The summed E-state index contributed by atoms with van der Waals surface area (Å²) < 4.78 is 0. The van der Waals surface area contributed by atoms with Crippen molar-refractivity contribution in [2.75, 3.05) is 0 Å². The number of rotatable bonds is 0. The lowest BCUT2D eigenvalue weighted by atomic mass is 10.2. The van der Waals surface area contributed by atoms with Crippen molar-refractivity contribution < 1.29 is 0 Å². The van der Waals surface area contributed by atoms with Gasteiger partial charge in [-0.2, -0.15) is 0 Å². The zero-order chi connectivity index (χ0) is 7.78. The lowest BCUT2D eigenvalue weighted by Gasteiger charge is -1.88. The highest BCUT2D eigenvalue weighted by Gasteiger charge is 1.82. The highest BCUT2D eigenvalue weighted by Crippen LogP contribution is 2.01. The molecule has 0 atom stereocenters. The highest BCUT2D eigenvalue weighted by molar-refractivity contribution is 5.07. The minimum Gasteiger partial charge on any atom is -0.0882 e. The van der Waals surface area contributed by atoms with E-state index in [0.29, 0.717) is 0 Å². The van der Waals surface area contributed by atoms with Gasteiger partial charge in [0.1, 0.15) is 0 Å². The second-order valence-corrected chi connectivity index (χ2v) is 2.69. The van der Waals surface area contributed by atoms with Gasteiger partial charge >= 0.3 is 0 Å². The largest absolute Gasteiger partial charge is 0.0882 e. The molecular formula is C11H15. The van der Waals surface area contributed by atoms with E-state index < -0.39 is 0 Å². The Morgan fingerprint density at radius 1 is 0.727 bits per heavy atom. The van der Waals surface area contributed by atoms with E-state index in [4.69, 9.17) is 0 Å². The first kappa shape index (κ1) is 8.32. The first-order chi connectivity index (χ1) is 5.50. The molecule has 0 heteroatoms. The normalized spacial score (nSPS) is 28.4. The second kappa shape index (κ2) is 5.96. The first-order valence-corrected chi connectivity index (χ1v) is 4.30. The molecule has 0 aliphatic heterocycles. The summed E-state index contributed by atoms with van der Waals surface area (Å²) in [5.74, 6) is 0. The summed E-state index contributed by atoms with van der Waals surface area (Å²) in [7, 11) is 0.